The lowest BCUT2D eigenvalue weighted by molar-refractivity contribution is 0.187. The molecule has 2 N–H and O–H groups in total. The molecular formula is C11H21N3S. The molecule has 0 amide bonds. The van der Waals surface area contributed by atoms with E-state index in [0.717, 1.165) is 18.8 Å². The van der Waals surface area contributed by atoms with Gasteiger partial charge in [-0.1, -0.05) is 13.8 Å². The molecule has 3 nitrogen and oxygen atoms in total. The van der Waals surface area contributed by atoms with Crippen LogP contribution in [-0.2, 0) is 6.54 Å². The molecule has 0 aliphatic heterocycles. The molecule has 15 heavy (non-hydrogen) atoms. The van der Waals surface area contributed by atoms with Crippen LogP contribution >= 0.6 is 11.3 Å². The van der Waals surface area contributed by atoms with Gasteiger partial charge in [-0.3, -0.25) is 4.90 Å². The van der Waals surface area contributed by atoms with Gasteiger partial charge in [0.25, 0.3) is 0 Å². The normalized spacial score (nSPS) is 11.9. The van der Waals surface area contributed by atoms with Crippen molar-refractivity contribution >= 4 is 16.5 Å². The summed E-state index contributed by atoms with van der Waals surface area (Å²) in [7, 11) is 0. The minimum Gasteiger partial charge on any atom is -0.375 e. The molecule has 1 rings (SSSR count). The zero-order chi connectivity index (χ0) is 11.4. The van der Waals surface area contributed by atoms with E-state index in [1.54, 1.807) is 0 Å². The summed E-state index contributed by atoms with van der Waals surface area (Å²) in [5.41, 5.74) is 6.71. The van der Waals surface area contributed by atoms with Gasteiger partial charge in [0.15, 0.2) is 5.13 Å². The lowest BCUT2D eigenvalue weighted by Crippen LogP contribution is -2.33. The van der Waals surface area contributed by atoms with Crippen LogP contribution in [0, 0.1) is 5.92 Å². The van der Waals surface area contributed by atoms with Crippen molar-refractivity contribution < 1.29 is 0 Å². The highest BCUT2D eigenvalue weighted by atomic mass is 32.1. The Hall–Kier alpha value is -0.610. The summed E-state index contributed by atoms with van der Waals surface area (Å²) in [5, 5.41) is 2.71. The van der Waals surface area contributed by atoms with Crippen molar-refractivity contribution in [3.8, 4) is 0 Å². The van der Waals surface area contributed by atoms with Gasteiger partial charge >= 0.3 is 0 Å². The highest BCUT2D eigenvalue weighted by Gasteiger charge is 2.13. The maximum atomic E-state index is 5.62. The summed E-state index contributed by atoms with van der Waals surface area (Å²) >= 11 is 1.52. The molecule has 0 fully saturated rings. The monoisotopic (exact) mass is 227 g/mol. The smallest absolute Gasteiger partial charge is 0.180 e. The predicted molar refractivity (Wildman–Crippen MR) is 66.9 cm³/mol. The number of nitrogens with two attached hydrogens (primary N) is 1. The van der Waals surface area contributed by atoms with Crippen LogP contribution in [0.2, 0.25) is 0 Å². The molecule has 0 bridgehead atoms. The molecule has 1 heterocycles. The quantitative estimate of drug-likeness (QED) is 0.840. The zero-order valence-electron chi connectivity index (χ0n) is 10.0. The molecule has 86 valence electrons. The highest BCUT2D eigenvalue weighted by molar-refractivity contribution is 7.13. The van der Waals surface area contributed by atoms with Crippen molar-refractivity contribution in [1.82, 2.24) is 9.88 Å². The first-order valence-electron chi connectivity index (χ1n) is 5.43. The topological polar surface area (TPSA) is 42.1 Å². The molecule has 0 aromatic carbocycles. The van der Waals surface area contributed by atoms with Crippen molar-refractivity contribution in [3.63, 3.8) is 0 Å². The number of nitrogens with zero attached hydrogens (tertiary/aromatic N) is 2. The third-order valence-corrected chi connectivity index (χ3v) is 2.99. The Balaban J connectivity index is 2.58. The largest absolute Gasteiger partial charge is 0.375 e. The fourth-order valence-corrected chi connectivity index (χ4v) is 2.08. The van der Waals surface area contributed by atoms with Crippen molar-refractivity contribution in [1.29, 1.82) is 0 Å². The Morgan fingerprint density at radius 3 is 2.47 bits per heavy atom. The van der Waals surface area contributed by atoms with Crippen LogP contribution < -0.4 is 5.73 Å². The van der Waals surface area contributed by atoms with Gasteiger partial charge in [-0.2, -0.15) is 0 Å². The van der Waals surface area contributed by atoms with E-state index in [1.165, 1.54) is 11.3 Å². The maximum absolute atomic E-state index is 5.62. The summed E-state index contributed by atoms with van der Waals surface area (Å²) in [4.78, 5) is 6.72. The fourth-order valence-electron chi connectivity index (χ4n) is 1.53. The Morgan fingerprint density at radius 1 is 1.40 bits per heavy atom. The Kier molecular flexibility index (Phi) is 4.54. The van der Waals surface area contributed by atoms with E-state index in [-0.39, 0.29) is 0 Å². The van der Waals surface area contributed by atoms with Crippen LogP contribution in [0.15, 0.2) is 5.38 Å². The Bertz CT molecular complexity index is 294. The number of anilines is 1. The van der Waals surface area contributed by atoms with Gasteiger partial charge in [0.05, 0.1) is 5.69 Å². The second kappa shape index (κ2) is 5.47. The lowest BCUT2D eigenvalue weighted by Gasteiger charge is -2.27. The fraction of sp³-hybridized carbons (Fsp3) is 0.727. The van der Waals surface area contributed by atoms with Crippen LogP contribution in [0.4, 0.5) is 5.13 Å². The van der Waals surface area contributed by atoms with E-state index in [9.17, 15) is 0 Å². The molecule has 4 heteroatoms. The minimum atomic E-state index is 0.551. The first-order chi connectivity index (χ1) is 6.99. The second-order valence-electron chi connectivity index (χ2n) is 4.59. The summed E-state index contributed by atoms with van der Waals surface area (Å²) in [6.45, 7) is 10.9. The van der Waals surface area contributed by atoms with Crippen LogP contribution in [0.5, 0.6) is 0 Å². The number of thiazole rings is 1. The van der Waals surface area contributed by atoms with Gasteiger partial charge < -0.3 is 5.73 Å². The molecule has 1 aromatic rings. The number of hydrogen-bond acceptors (Lipinski definition) is 4. The van der Waals surface area contributed by atoms with Gasteiger partial charge in [0.2, 0.25) is 0 Å². The second-order valence-corrected chi connectivity index (χ2v) is 5.48. The molecule has 0 aliphatic carbocycles. The average Bonchev–Trinajstić information content (AvgIpc) is 2.49. The van der Waals surface area contributed by atoms with Crippen molar-refractivity contribution in [2.75, 3.05) is 12.3 Å². The molecule has 0 saturated carbocycles. The van der Waals surface area contributed by atoms with Gasteiger partial charge in [-0.05, 0) is 19.8 Å². The summed E-state index contributed by atoms with van der Waals surface area (Å²) in [6, 6.07) is 0.551. The summed E-state index contributed by atoms with van der Waals surface area (Å²) in [5.74, 6) is 0.684. The Labute approximate surface area is 96.3 Å². The van der Waals surface area contributed by atoms with Crippen LogP contribution in [0.3, 0.4) is 0 Å². The predicted octanol–water partition coefficient (Wildman–Crippen LogP) is 2.59. The standard InChI is InChI=1S/C11H21N3S/c1-8(2)5-14(9(3)4)6-10-7-15-11(12)13-10/h7-9H,5-6H2,1-4H3,(H2,12,13). The molecule has 0 aliphatic rings. The molecule has 0 radical (unpaired) electrons. The number of hydrogen-bond donors (Lipinski definition) is 1. The van der Waals surface area contributed by atoms with Crippen LogP contribution in [0.1, 0.15) is 33.4 Å². The maximum Gasteiger partial charge on any atom is 0.180 e. The molecule has 0 spiro atoms. The van der Waals surface area contributed by atoms with Crippen LogP contribution in [0.25, 0.3) is 0 Å². The third-order valence-electron chi connectivity index (χ3n) is 2.26. The average molecular weight is 227 g/mol. The van der Waals surface area contributed by atoms with E-state index >= 15 is 0 Å². The number of rotatable bonds is 5. The van der Waals surface area contributed by atoms with E-state index in [4.69, 9.17) is 5.73 Å². The van der Waals surface area contributed by atoms with Crippen molar-refractivity contribution in [2.45, 2.75) is 40.3 Å². The van der Waals surface area contributed by atoms with E-state index < -0.39 is 0 Å². The number of nitrogen functional groups attached to an aromatic ring is 1. The van der Waals surface area contributed by atoms with Gasteiger partial charge in [-0.25, -0.2) is 4.98 Å². The molecule has 0 unspecified atom stereocenters. The molecule has 0 atom stereocenters. The van der Waals surface area contributed by atoms with Gasteiger partial charge in [0, 0.05) is 24.5 Å². The van der Waals surface area contributed by atoms with Crippen LogP contribution in [-0.4, -0.2) is 22.5 Å². The van der Waals surface area contributed by atoms with E-state index in [2.05, 4.69) is 37.6 Å². The zero-order valence-corrected chi connectivity index (χ0v) is 10.8. The first-order valence-corrected chi connectivity index (χ1v) is 6.31. The molecule has 1 aromatic heterocycles. The SMILES string of the molecule is CC(C)CN(Cc1csc(N)n1)C(C)C. The highest BCUT2D eigenvalue weighted by Crippen LogP contribution is 2.15. The Morgan fingerprint density at radius 2 is 2.07 bits per heavy atom. The summed E-state index contributed by atoms with van der Waals surface area (Å²) < 4.78 is 0. The van der Waals surface area contributed by atoms with Gasteiger partial charge in [0.1, 0.15) is 0 Å². The molecule has 0 saturated heterocycles. The minimum absolute atomic E-state index is 0.551. The first kappa shape index (κ1) is 12.5. The van der Waals surface area contributed by atoms with Crippen molar-refractivity contribution in [3.05, 3.63) is 11.1 Å². The third kappa shape index (κ3) is 4.18. The van der Waals surface area contributed by atoms with E-state index in [0.29, 0.717) is 17.1 Å². The van der Waals surface area contributed by atoms with Gasteiger partial charge in [-0.15, -0.1) is 11.3 Å². The lowest BCUT2D eigenvalue weighted by atomic mass is 10.1. The molecular weight excluding hydrogens is 206 g/mol. The number of aromatic nitrogens is 1. The summed E-state index contributed by atoms with van der Waals surface area (Å²) in [6.07, 6.45) is 0. The van der Waals surface area contributed by atoms with Crippen molar-refractivity contribution in [2.24, 2.45) is 5.92 Å². The van der Waals surface area contributed by atoms with E-state index in [1.807, 2.05) is 5.38 Å².